The Balaban J connectivity index is 1.62. The molecule has 1 saturated heterocycles. The van der Waals surface area contributed by atoms with Crippen molar-refractivity contribution < 1.29 is 14.3 Å². The molecular weight excluding hydrogens is 282 g/mol. The smallest absolute Gasteiger partial charge is 0.248 e. The normalized spacial score (nSPS) is 17.7. The Labute approximate surface area is 130 Å². The van der Waals surface area contributed by atoms with Crippen LogP contribution in [0.3, 0.4) is 0 Å². The second-order valence-corrected chi connectivity index (χ2v) is 5.50. The van der Waals surface area contributed by atoms with Crippen LogP contribution in [0.25, 0.3) is 0 Å². The van der Waals surface area contributed by atoms with Gasteiger partial charge in [-0.05, 0) is 56.1 Å². The van der Waals surface area contributed by atoms with E-state index >= 15 is 0 Å². The Morgan fingerprint density at radius 1 is 1.32 bits per heavy atom. The Bertz CT molecular complexity index is 496. The molecule has 1 aliphatic rings. The van der Waals surface area contributed by atoms with E-state index in [2.05, 4.69) is 10.6 Å². The zero-order valence-electron chi connectivity index (χ0n) is 12.6. The maximum atomic E-state index is 11.7. The van der Waals surface area contributed by atoms with E-state index in [1.54, 1.807) is 24.3 Å². The van der Waals surface area contributed by atoms with Crippen molar-refractivity contribution in [2.75, 3.05) is 26.2 Å². The number of hydrogen-bond donors (Lipinski definition) is 3. The standard InChI is InChI=1S/C16H23N3O3/c17-16(21)13-3-5-14(6-4-13)22-9-7-15(20)19-11-12-2-1-8-18-10-12/h3-6,12,18H,1-2,7-11H2,(H2,17,21)(H,19,20). The van der Waals surface area contributed by atoms with Crippen LogP contribution in [0, 0.1) is 5.92 Å². The van der Waals surface area contributed by atoms with Crippen molar-refractivity contribution in [2.24, 2.45) is 11.7 Å². The lowest BCUT2D eigenvalue weighted by molar-refractivity contribution is -0.121. The molecule has 22 heavy (non-hydrogen) atoms. The van der Waals surface area contributed by atoms with Crippen LogP contribution in [-0.4, -0.2) is 38.1 Å². The van der Waals surface area contributed by atoms with E-state index in [9.17, 15) is 9.59 Å². The molecule has 0 radical (unpaired) electrons. The lowest BCUT2D eigenvalue weighted by Crippen LogP contribution is -2.38. The summed E-state index contributed by atoms with van der Waals surface area (Å²) in [5.74, 6) is 0.678. The van der Waals surface area contributed by atoms with Crippen molar-refractivity contribution in [2.45, 2.75) is 19.3 Å². The number of nitrogens with two attached hydrogens (primary N) is 1. The predicted molar refractivity (Wildman–Crippen MR) is 83.7 cm³/mol. The number of carbonyl (C=O) groups is 2. The van der Waals surface area contributed by atoms with E-state index in [1.165, 1.54) is 6.42 Å². The summed E-state index contributed by atoms with van der Waals surface area (Å²) >= 11 is 0. The number of rotatable bonds is 7. The van der Waals surface area contributed by atoms with Crippen LogP contribution in [-0.2, 0) is 4.79 Å². The molecule has 120 valence electrons. The van der Waals surface area contributed by atoms with E-state index in [-0.39, 0.29) is 5.91 Å². The molecule has 1 aromatic rings. The van der Waals surface area contributed by atoms with Crippen LogP contribution in [0.1, 0.15) is 29.6 Å². The summed E-state index contributed by atoms with van der Waals surface area (Å²) in [6.45, 7) is 3.08. The molecule has 0 bridgehead atoms. The fraction of sp³-hybridized carbons (Fsp3) is 0.500. The summed E-state index contributed by atoms with van der Waals surface area (Å²) in [4.78, 5) is 22.7. The summed E-state index contributed by atoms with van der Waals surface area (Å²) in [6.07, 6.45) is 2.65. The van der Waals surface area contributed by atoms with E-state index in [1.807, 2.05) is 0 Å². The fourth-order valence-electron chi connectivity index (χ4n) is 2.42. The van der Waals surface area contributed by atoms with Gasteiger partial charge in [0, 0.05) is 12.1 Å². The summed E-state index contributed by atoms with van der Waals surface area (Å²) in [5.41, 5.74) is 5.60. The van der Waals surface area contributed by atoms with Crippen LogP contribution in [0.15, 0.2) is 24.3 Å². The minimum Gasteiger partial charge on any atom is -0.493 e. The van der Waals surface area contributed by atoms with Crippen molar-refractivity contribution in [3.05, 3.63) is 29.8 Å². The molecule has 1 unspecified atom stereocenters. The molecule has 2 amide bonds. The maximum Gasteiger partial charge on any atom is 0.248 e. The van der Waals surface area contributed by atoms with E-state index < -0.39 is 5.91 Å². The first-order chi connectivity index (χ1) is 10.6. The van der Waals surface area contributed by atoms with Gasteiger partial charge in [0.1, 0.15) is 5.75 Å². The number of primary amides is 1. The van der Waals surface area contributed by atoms with Crippen molar-refractivity contribution in [1.29, 1.82) is 0 Å². The Kier molecular flexibility index (Phi) is 6.21. The van der Waals surface area contributed by atoms with Gasteiger partial charge in [0.25, 0.3) is 0 Å². The van der Waals surface area contributed by atoms with Gasteiger partial charge in [-0.2, -0.15) is 0 Å². The molecule has 0 aliphatic carbocycles. The molecule has 1 heterocycles. The van der Waals surface area contributed by atoms with Gasteiger partial charge < -0.3 is 21.1 Å². The van der Waals surface area contributed by atoms with Gasteiger partial charge in [-0.3, -0.25) is 9.59 Å². The number of carbonyl (C=O) groups excluding carboxylic acids is 2. The van der Waals surface area contributed by atoms with Crippen molar-refractivity contribution in [1.82, 2.24) is 10.6 Å². The number of piperidine rings is 1. The largest absolute Gasteiger partial charge is 0.493 e. The van der Waals surface area contributed by atoms with Crippen molar-refractivity contribution in [3.63, 3.8) is 0 Å². The SMILES string of the molecule is NC(=O)c1ccc(OCCC(=O)NCC2CCCNC2)cc1. The fourth-order valence-corrected chi connectivity index (χ4v) is 2.42. The number of amides is 2. The molecule has 4 N–H and O–H groups in total. The molecule has 1 aliphatic heterocycles. The average Bonchev–Trinajstić information content (AvgIpc) is 2.54. The van der Waals surface area contributed by atoms with Gasteiger partial charge in [0.15, 0.2) is 0 Å². The lowest BCUT2D eigenvalue weighted by Gasteiger charge is -2.22. The lowest BCUT2D eigenvalue weighted by atomic mass is 10.00. The van der Waals surface area contributed by atoms with Crippen LogP contribution < -0.4 is 21.1 Å². The number of nitrogens with one attached hydrogen (secondary N) is 2. The highest BCUT2D eigenvalue weighted by molar-refractivity contribution is 5.92. The zero-order chi connectivity index (χ0) is 15.8. The van der Waals surface area contributed by atoms with E-state index in [0.717, 1.165) is 26.1 Å². The van der Waals surface area contributed by atoms with Gasteiger partial charge in [0.2, 0.25) is 11.8 Å². The number of hydrogen-bond acceptors (Lipinski definition) is 4. The molecule has 0 saturated carbocycles. The van der Waals surface area contributed by atoms with Crippen LogP contribution in [0.4, 0.5) is 0 Å². The quantitative estimate of drug-likeness (QED) is 0.690. The molecule has 1 aromatic carbocycles. The van der Waals surface area contributed by atoms with Gasteiger partial charge in [-0.25, -0.2) is 0 Å². The van der Waals surface area contributed by atoms with Crippen LogP contribution in [0.5, 0.6) is 5.75 Å². The Morgan fingerprint density at radius 2 is 2.09 bits per heavy atom. The topological polar surface area (TPSA) is 93.5 Å². The van der Waals surface area contributed by atoms with Crippen LogP contribution >= 0.6 is 0 Å². The average molecular weight is 305 g/mol. The van der Waals surface area contributed by atoms with Gasteiger partial charge in [-0.1, -0.05) is 0 Å². The molecule has 2 rings (SSSR count). The Morgan fingerprint density at radius 3 is 2.73 bits per heavy atom. The molecule has 6 heteroatoms. The third-order valence-electron chi connectivity index (χ3n) is 3.72. The number of benzene rings is 1. The molecule has 6 nitrogen and oxygen atoms in total. The monoisotopic (exact) mass is 305 g/mol. The molecular formula is C16H23N3O3. The van der Waals surface area contributed by atoms with Crippen molar-refractivity contribution >= 4 is 11.8 Å². The third kappa shape index (κ3) is 5.37. The highest BCUT2D eigenvalue weighted by atomic mass is 16.5. The van der Waals surface area contributed by atoms with Crippen molar-refractivity contribution in [3.8, 4) is 5.75 Å². The summed E-state index contributed by atoms with van der Waals surface area (Å²) in [7, 11) is 0. The zero-order valence-corrected chi connectivity index (χ0v) is 12.6. The molecule has 1 atom stereocenters. The second-order valence-electron chi connectivity index (χ2n) is 5.50. The summed E-state index contributed by atoms with van der Waals surface area (Å²) in [6, 6.07) is 6.55. The molecule has 0 aromatic heterocycles. The van der Waals surface area contributed by atoms with E-state index in [0.29, 0.717) is 30.3 Å². The first-order valence-electron chi connectivity index (χ1n) is 7.65. The summed E-state index contributed by atoms with van der Waals surface area (Å²) in [5, 5.41) is 6.27. The van der Waals surface area contributed by atoms with Crippen LogP contribution in [0.2, 0.25) is 0 Å². The molecule has 1 fully saturated rings. The molecule has 0 spiro atoms. The highest BCUT2D eigenvalue weighted by Gasteiger charge is 2.13. The first kappa shape index (κ1) is 16.3. The number of ether oxygens (including phenoxy) is 1. The maximum absolute atomic E-state index is 11.7. The Hall–Kier alpha value is -2.08. The highest BCUT2D eigenvalue weighted by Crippen LogP contribution is 2.12. The predicted octanol–water partition coefficient (Wildman–Crippen LogP) is 0.670. The van der Waals surface area contributed by atoms with E-state index in [4.69, 9.17) is 10.5 Å². The van der Waals surface area contributed by atoms with Gasteiger partial charge in [0.05, 0.1) is 13.0 Å². The minimum atomic E-state index is -0.469. The first-order valence-corrected chi connectivity index (χ1v) is 7.65. The minimum absolute atomic E-state index is 0.000621. The second kappa shape index (κ2) is 8.38. The summed E-state index contributed by atoms with van der Waals surface area (Å²) < 4.78 is 5.48. The third-order valence-corrected chi connectivity index (χ3v) is 3.72. The van der Waals surface area contributed by atoms with Gasteiger partial charge in [-0.15, -0.1) is 0 Å². The van der Waals surface area contributed by atoms with Gasteiger partial charge >= 0.3 is 0 Å².